The SMILES string of the molecule is CC(=O)NCCn1ncc2c(=O)n(Cc3cccc(C(F)(F)F)c3)cnc21. The van der Waals surface area contributed by atoms with Crippen LogP contribution in [0.4, 0.5) is 13.2 Å². The van der Waals surface area contributed by atoms with Crippen LogP contribution in [0.3, 0.4) is 0 Å². The van der Waals surface area contributed by atoms with Crippen LogP contribution in [0.1, 0.15) is 18.1 Å². The van der Waals surface area contributed by atoms with Gasteiger partial charge < -0.3 is 5.32 Å². The summed E-state index contributed by atoms with van der Waals surface area (Å²) in [5, 5.41) is 6.97. The van der Waals surface area contributed by atoms with Gasteiger partial charge in [-0.3, -0.25) is 14.2 Å². The number of carbonyl (C=O) groups is 1. The van der Waals surface area contributed by atoms with Crippen molar-refractivity contribution in [2.75, 3.05) is 6.54 Å². The molecule has 0 aliphatic carbocycles. The van der Waals surface area contributed by atoms with E-state index < -0.39 is 17.3 Å². The molecule has 3 rings (SSSR count). The van der Waals surface area contributed by atoms with E-state index in [1.807, 2.05) is 0 Å². The number of fused-ring (bicyclic) bond motifs is 1. The van der Waals surface area contributed by atoms with E-state index in [1.54, 1.807) is 0 Å². The van der Waals surface area contributed by atoms with Crippen molar-refractivity contribution < 1.29 is 18.0 Å². The van der Waals surface area contributed by atoms with Gasteiger partial charge in [0.05, 0.1) is 24.8 Å². The summed E-state index contributed by atoms with van der Waals surface area (Å²) < 4.78 is 41.2. The van der Waals surface area contributed by atoms with Crippen molar-refractivity contribution in [3.63, 3.8) is 0 Å². The summed E-state index contributed by atoms with van der Waals surface area (Å²) in [5.74, 6) is -0.178. The number of hydrogen-bond acceptors (Lipinski definition) is 4. The van der Waals surface area contributed by atoms with Crippen LogP contribution < -0.4 is 10.9 Å². The van der Waals surface area contributed by atoms with E-state index in [0.29, 0.717) is 24.3 Å². The highest BCUT2D eigenvalue weighted by Crippen LogP contribution is 2.29. The van der Waals surface area contributed by atoms with Crippen LogP contribution in [0.5, 0.6) is 0 Å². The summed E-state index contributed by atoms with van der Waals surface area (Å²) in [6, 6.07) is 4.80. The van der Waals surface area contributed by atoms with E-state index in [0.717, 1.165) is 12.1 Å². The number of rotatable bonds is 5. The van der Waals surface area contributed by atoms with Crippen LogP contribution in [0, 0.1) is 0 Å². The molecule has 7 nitrogen and oxygen atoms in total. The van der Waals surface area contributed by atoms with Crippen molar-refractivity contribution >= 4 is 16.9 Å². The Morgan fingerprint density at radius 1 is 1.30 bits per heavy atom. The second kappa shape index (κ2) is 7.22. The van der Waals surface area contributed by atoms with Gasteiger partial charge in [0.25, 0.3) is 5.56 Å². The van der Waals surface area contributed by atoms with Crippen LogP contribution in [-0.4, -0.2) is 31.8 Å². The Morgan fingerprint density at radius 2 is 2.07 bits per heavy atom. The molecule has 0 saturated heterocycles. The number of aromatic nitrogens is 4. The molecule has 0 fully saturated rings. The van der Waals surface area contributed by atoms with Gasteiger partial charge in [0.1, 0.15) is 11.7 Å². The third kappa shape index (κ3) is 4.15. The quantitative estimate of drug-likeness (QED) is 0.733. The molecule has 0 radical (unpaired) electrons. The molecular formula is C17H16F3N5O2. The number of amides is 1. The summed E-state index contributed by atoms with van der Waals surface area (Å²) in [5.41, 5.74) is -0.479. The van der Waals surface area contributed by atoms with E-state index in [4.69, 9.17) is 0 Å². The molecule has 0 atom stereocenters. The summed E-state index contributed by atoms with van der Waals surface area (Å²) in [4.78, 5) is 27.7. The maximum Gasteiger partial charge on any atom is 0.416 e. The lowest BCUT2D eigenvalue weighted by molar-refractivity contribution is -0.137. The average Bonchev–Trinajstić information content (AvgIpc) is 3.00. The Balaban J connectivity index is 1.86. The maximum atomic E-state index is 12.8. The monoisotopic (exact) mass is 379 g/mol. The Labute approximate surface area is 151 Å². The van der Waals surface area contributed by atoms with Crippen molar-refractivity contribution in [2.24, 2.45) is 0 Å². The van der Waals surface area contributed by atoms with Crippen molar-refractivity contribution in [3.05, 3.63) is 58.3 Å². The van der Waals surface area contributed by atoms with Gasteiger partial charge in [0, 0.05) is 13.5 Å². The second-order valence-electron chi connectivity index (χ2n) is 5.96. The summed E-state index contributed by atoms with van der Waals surface area (Å²) in [7, 11) is 0. The van der Waals surface area contributed by atoms with Crippen LogP contribution in [0.2, 0.25) is 0 Å². The first-order valence-corrected chi connectivity index (χ1v) is 8.07. The molecule has 2 heterocycles. The lowest BCUT2D eigenvalue weighted by Crippen LogP contribution is -2.25. The molecule has 0 aliphatic rings. The molecule has 142 valence electrons. The van der Waals surface area contributed by atoms with Crippen molar-refractivity contribution in [1.29, 1.82) is 0 Å². The predicted octanol–water partition coefficient (Wildman–Crippen LogP) is 1.80. The number of nitrogens with one attached hydrogen (secondary N) is 1. The Bertz CT molecular complexity index is 1040. The van der Waals surface area contributed by atoms with E-state index in [9.17, 15) is 22.8 Å². The van der Waals surface area contributed by atoms with Gasteiger partial charge in [-0.2, -0.15) is 18.3 Å². The topological polar surface area (TPSA) is 81.8 Å². The van der Waals surface area contributed by atoms with Gasteiger partial charge in [-0.25, -0.2) is 9.67 Å². The van der Waals surface area contributed by atoms with Gasteiger partial charge in [0.2, 0.25) is 5.91 Å². The lowest BCUT2D eigenvalue weighted by atomic mass is 10.1. The molecule has 0 aliphatic heterocycles. The fourth-order valence-corrected chi connectivity index (χ4v) is 2.65. The van der Waals surface area contributed by atoms with Crippen LogP contribution in [0.15, 0.2) is 41.6 Å². The Morgan fingerprint density at radius 3 is 2.78 bits per heavy atom. The fraction of sp³-hybridized carbons (Fsp3) is 0.294. The second-order valence-corrected chi connectivity index (χ2v) is 5.96. The minimum atomic E-state index is -4.45. The number of halogens is 3. The van der Waals surface area contributed by atoms with Gasteiger partial charge >= 0.3 is 6.18 Å². The first-order chi connectivity index (χ1) is 12.8. The number of alkyl halides is 3. The zero-order chi connectivity index (χ0) is 19.6. The van der Waals surface area contributed by atoms with Gasteiger partial charge in [-0.15, -0.1) is 0 Å². The highest BCUT2D eigenvalue weighted by Gasteiger charge is 2.30. The highest BCUT2D eigenvalue weighted by atomic mass is 19.4. The largest absolute Gasteiger partial charge is 0.416 e. The summed E-state index contributed by atoms with van der Waals surface area (Å²) >= 11 is 0. The summed E-state index contributed by atoms with van der Waals surface area (Å²) in [6.45, 7) is 2.03. The van der Waals surface area contributed by atoms with E-state index in [1.165, 1.54) is 40.8 Å². The van der Waals surface area contributed by atoms with Gasteiger partial charge in [-0.1, -0.05) is 12.1 Å². The normalized spacial score (nSPS) is 11.7. The Hall–Kier alpha value is -3.17. The van der Waals surface area contributed by atoms with Crippen molar-refractivity contribution in [2.45, 2.75) is 26.2 Å². The van der Waals surface area contributed by atoms with Crippen molar-refractivity contribution in [1.82, 2.24) is 24.6 Å². The zero-order valence-electron chi connectivity index (χ0n) is 14.3. The molecule has 0 unspecified atom stereocenters. The molecule has 27 heavy (non-hydrogen) atoms. The number of carbonyl (C=O) groups excluding carboxylic acids is 1. The van der Waals surface area contributed by atoms with Gasteiger partial charge in [0.15, 0.2) is 5.65 Å². The number of nitrogens with zero attached hydrogens (tertiary/aromatic N) is 4. The number of hydrogen-bond donors (Lipinski definition) is 1. The maximum absolute atomic E-state index is 12.8. The third-order valence-corrected chi connectivity index (χ3v) is 3.93. The molecule has 1 N–H and O–H groups in total. The number of benzene rings is 1. The molecule has 3 aromatic rings. The predicted molar refractivity (Wildman–Crippen MR) is 91.0 cm³/mol. The van der Waals surface area contributed by atoms with E-state index in [-0.39, 0.29) is 17.8 Å². The van der Waals surface area contributed by atoms with E-state index in [2.05, 4.69) is 15.4 Å². The highest BCUT2D eigenvalue weighted by molar-refractivity contribution is 5.73. The third-order valence-electron chi connectivity index (χ3n) is 3.93. The zero-order valence-corrected chi connectivity index (χ0v) is 14.3. The Kier molecular flexibility index (Phi) is 4.98. The molecule has 0 bridgehead atoms. The first-order valence-electron chi connectivity index (χ1n) is 8.07. The fourth-order valence-electron chi connectivity index (χ4n) is 2.65. The minimum Gasteiger partial charge on any atom is -0.354 e. The molecule has 1 aromatic carbocycles. The minimum absolute atomic E-state index is 0.0389. The van der Waals surface area contributed by atoms with Crippen LogP contribution >= 0.6 is 0 Å². The molecule has 0 saturated carbocycles. The standard InChI is InChI=1S/C17H16F3N5O2/c1-11(26)21-5-6-25-15-14(8-23-25)16(27)24(10-22-15)9-12-3-2-4-13(7-12)17(18,19)20/h2-4,7-8,10H,5-6,9H2,1H3,(H,21,26). The molecular weight excluding hydrogens is 363 g/mol. The smallest absolute Gasteiger partial charge is 0.354 e. The van der Waals surface area contributed by atoms with Crippen LogP contribution in [0.25, 0.3) is 11.0 Å². The van der Waals surface area contributed by atoms with E-state index >= 15 is 0 Å². The lowest BCUT2D eigenvalue weighted by Gasteiger charge is -2.10. The molecule has 1 amide bonds. The molecule has 10 heteroatoms. The first kappa shape index (κ1) is 18.6. The average molecular weight is 379 g/mol. The van der Waals surface area contributed by atoms with Gasteiger partial charge in [-0.05, 0) is 17.7 Å². The van der Waals surface area contributed by atoms with Crippen LogP contribution in [-0.2, 0) is 24.1 Å². The van der Waals surface area contributed by atoms with Crippen molar-refractivity contribution in [3.8, 4) is 0 Å². The molecule has 2 aromatic heterocycles. The summed E-state index contributed by atoms with van der Waals surface area (Å²) in [6.07, 6.45) is -1.80. The molecule has 0 spiro atoms.